The van der Waals surface area contributed by atoms with Crippen molar-refractivity contribution in [3.8, 4) is 0 Å². The van der Waals surface area contributed by atoms with Gasteiger partial charge in [0, 0.05) is 6.54 Å². The average molecular weight is 255 g/mol. The maximum atomic E-state index is 12.0. The smallest absolute Gasteiger partial charge is 0.304 e. The lowest BCUT2D eigenvalue weighted by Crippen LogP contribution is -2.45. The second kappa shape index (κ2) is 5.29. The summed E-state index contributed by atoms with van der Waals surface area (Å²) < 4.78 is 0. The highest BCUT2D eigenvalue weighted by atomic mass is 16.4. The van der Waals surface area contributed by atoms with Gasteiger partial charge in [0.15, 0.2) is 0 Å². The van der Waals surface area contributed by atoms with Gasteiger partial charge in [-0.05, 0) is 24.2 Å². The summed E-state index contributed by atoms with van der Waals surface area (Å²) in [6, 6.07) is 0. The predicted octanol–water partition coefficient (Wildman–Crippen LogP) is 2.43. The maximum absolute atomic E-state index is 12.0. The third kappa shape index (κ3) is 3.72. The topological polar surface area (TPSA) is 66.4 Å². The Kier molecular flexibility index (Phi) is 4.41. The van der Waals surface area contributed by atoms with Gasteiger partial charge in [-0.1, -0.05) is 34.1 Å². The number of hydrogen-bond acceptors (Lipinski definition) is 2. The number of nitrogens with one attached hydrogen (secondary N) is 1. The fraction of sp³-hybridized carbons (Fsp3) is 0.857. The van der Waals surface area contributed by atoms with Crippen molar-refractivity contribution in [2.45, 2.75) is 53.4 Å². The number of amides is 1. The Balaban J connectivity index is 2.47. The van der Waals surface area contributed by atoms with Crippen molar-refractivity contribution >= 4 is 11.9 Å². The Bertz CT molecular complexity index is 330. The van der Waals surface area contributed by atoms with E-state index in [1.54, 1.807) is 13.8 Å². The van der Waals surface area contributed by atoms with Gasteiger partial charge >= 0.3 is 5.97 Å². The van der Waals surface area contributed by atoms with Gasteiger partial charge in [-0.15, -0.1) is 0 Å². The maximum Gasteiger partial charge on any atom is 0.304 e. The molecule has 18 heavy (non-hydrogen) atoms. The third-order valence-corrected chi connectivity index (χ3v) is 4.12. The summed E-state index contributed by atoms with van der Waals surface area (Å²) in [5.41, 5.74) is -0.741. The first-order valence-electron chi connectivity index (χ1n) is 6.65. The van der Waals surface area contributed by atoms with E-state index in [4.69, 9.17) is 5.11 Å². The minimum Gasteiger partial charge on any atom is -0.481 e. The molecular formula is C14H25NO3. The van der Waals surface area contributed by atoms with Gasteiger partial charge in [-0.3, -0.25) is 9.59 Å². The van der Waals surface area contributed by atoms with E-state index < -0.39 is 11.4 Å². The highest BCUT2D eigenvalue weighted by molar-refractivity contribution is 5.86. The molecule has 0 aromatic heterocycles. The van der Waals surface area contributed by atoms with Crippen LogP contribution >= 0.6 is 0 Å². The summed E-state index contributed by atoms with van der Waals surface area (Å²) in [5, 5.41) is 11.7. The zero-order valence-corrected chi connectivity index (χ0v) is 11.9. The molecule has 1 amide bonds. The monoisotopic (exact) mass is 255 g/mol. The summed E-state index contributed by atoms with van der Waals surface area (Å²) in [6.07, 6.45) is 3.62. The molecule has 0 heterocycles. The molecule has 0 unspecified atom stereocenters. The largest absolute Gasteiger partial charge is 0.481 e. The van der Waals surface area contributed by atoms with Crippen molar-refractivity contribution in [2.24, 2.45) is 16.7 Å². The molecule has 2 N–H and O–H groups in total. The van der Waals surface area contributed by atoms with E-state index in [1.807, 2.05) is 0 Å². The van der Waals surface area contributed by atoms with Crippen LogP contribution in [0.25, 0.3) is 0 Å². The molecule has 4 nitrogen and oxygen atoms in total. The fourth-order valence-electron chi connectivity index (χ4n) is 2.34. The first kappa shape index (κ1) is 15.0. The molecular weight excluding hydrogens is 230 g/mol. The van der Waals surface area contributed by atoms with E-state index in [1.165, 1.54) is 19.3 Å². The molecule has 0 atom stereocenters. The Morgan fingerprint density at radius 1 is 1.22 bits per heavy atom. The van der Waals surface area contributed by atoms with Crippen LogP contribution in [-0.4, -0.2) is 23.5 Å². The number of carbonyl (C=O) groups excluding carboxylic acids is 1. The summed E-state index contributed by atoms with van der Waals surface area (Å²) in [7, 11) is 0. The molecule has 0 aromatic carbocycles. The van der Waals surface area contributed by atoms with E-state index in [0.29, 0.717) is 12.5 Å². The SMILES string of the molecule is CC(C)(CC(=O)O)C(=O)NCC(C)(C)C1CCC1. The zero-order chi connectivity index (χ0) is 14.0. The van der Waals surface area contributed by atoms with Crippen LogP contribution in [0.4, 0.5) is 0 Å². The number of carboxylic acids is 1. The van der Waals surface area contributed by atoms with E-state index in [2.05, 4.69) is 19.2 Å². The molecule has 0 aliphatic heterocycles. The van der Waals surface area contributed by atoms with Crippen molar-refractivity contribution < 1.29 is 14.7 Å². The molecule has 4 heteroatoms. The van der Waals surface area contributed by atoms with Gasteiger partial charge in [0.25, 0.3) is 0 Å². The molecule has 1 rings (SSSR count). The summed E-state index contributed by atoms with van der Waals surface area (Å²) in [5.74, 6) is -0.425. The van der Waals surface area contributed by atoms with Gasteiger partial charge < -0.3 is 10.4 Å². The van der Waals surface area contributed by atoms with Gasteiger partial charge in [0.1, 0.15) is 0 Å². The normalized spacial score (nSPS) is 17.1. The lowest BCUT2D eigenvalue weighted by Gasteiger charge is -2.41. The van der Waals surface area contributed by atoms with Crippen molar-refractivity contribution in [1.82, 2.24) is 5.32 Å². The Labute approximate surface area is 109 Å². The molecule has 104 valence electrons. The summed E-state index contributed by atoms with van der Waals surface area (Å²) in [6.45, 7) is 8.31. The highest BCUT2D eigenvalue weighted by Crippen LogP contribution is 2.41. The Morgan fingerprint density at radius 3 is 2.17 bits per heavy atom. The van der Waals surface area contributed by atoms with Crippen LogP contribution in [0.2, 0.25) is 0 Å². The van der Waals surface area contributed by atoms with Crippen LogP contribution in [-0.2, 0) is 9.59 Å². The molecule has 1 aliphatic carbocycles. The molecule has 1 aliphatic rings. The van der Waals surface area contributed by atoms with Gasteiger partial charge in [0.05, 0.1) is 11.8 Å². The van der Waals surface area contributed by atoms with Crippen LogP contribution in [0, 0.1) is 16.7 Å². The van der Waals surface area contributed by atoms with E-state index in [0.717, 1.165) is 0 Å². The second-order valence-electron chi connectivity index (χ2n) is 6.75. The van der Waals surface area contributed by atoms with Crippen molar-refractivity contribution in [1.29, 1.82) is 0 Å². The summed E-state index contributed by atoms with van der Waals surface area (Å²) in [4.78, 5) is 22.7. The number of rotatable bonds is 6. The zero-order valence-electron chi connectivity index (χ0n) is 11.9. The first-order valence-corrected chi connectivity index (χ1v) is 6.65. The van der Waals surface area contributed by atoms with E-state index >= 15 is 0 Å². The molecule has 0 bridgehead atoms. The standard InChI is InChI=1S/C14H25NO3/c1-13(2,8-11(16)17)12(18)15-9-14(3,4)10-6-5-7-10/h10H,5-9H2,1-4H3,(H,15,18)(H,16,17). The van der Waals surface area contributed by atoms with Crippen molar-refractivity contribution in [2.75, 3.05) is 6.54 Å². The predicted molar refractivity (Wildman–Crippen MR) is 70.2 cm³/mol. The van der Waals surface area contributed by atoms with Gasteiger partial charge in [0.2, 0.25) is 5.91 Å². The number of carbonyl (C=O) groups is 2. The van der Waals surface area contributed by atoms with E-state index in [-0.39, 0.29) is 17.7 Å². The molecule has 0 radical (unpaired) electrons. The highest BCUT2D eigenvalue weighted by Gasteiger charge is 2.36. The molecule has 0 spiro atoms. The molecule has 0 saturated heterocycles. The minimum atomic E-state index is -0.937. The lowest BCUT2D eigenvalue weighted by molar-refractivity contribution is -0.144. The van der Waals surface area contributed by atoms with Crippen LogP contribution in [0.3, 0.4) is 0 Å². The van der Waals surface area contributed by atoms with Crippen LogP contribution < -0.4 is 5.32 Å². The first-order chi connectivity index (χ1) is 8.15. The minimum absolute atomic E-state index is 0.104. The Hall–Kier alpha value is -1.06. The molecule has 1 saturated carbocycles. The average Bonchev–Trinajstić information content (AvgIpc) is 2.08. The number of carboxylic acid groups (broad SMARTS) is 1. The number of hydrogen-bond donors (Lipinski definition) is 2. The fourth-order valence-corrected chi connectivity index (χ4v) is 2.34. The second-order valence-corrected chi connectivity index (χ2v) is 6.75. The van der Waals surface area contributed by atoms with E-state index in [9.17, 15) is 9.59 Å². The van der Waals surface area contributed by atoms with Gasteiger partial charge in [-0.25, -0.2) is 0 Å². The van der Waals surface area contributed by atoms with Crippen LogP contribution in [0.15, 0.2) is 0 Å². The third-order valence-electron chi connectivity index (χ3n) is 4.12. The van der Waals surface area contributed by atoms with Crippen molar-refractivity contribution in [3.05, 3.63) is 0 Å². The quantitative estimate of drug-likeness (QED) is 0.766. The summed E-state index contributed by atoms with van der Waals surface area (Å²) >= 11 is 0. The van der Waals surface area contributed by atoms with Gasteiger partial charge in [-0.2, -0.15) is 0 Å². The lowest BCUT2D eigenvalue weighted by atomic mass is 9.67. The number of aliphatic carboxylic acids is 1. The Morgan fingerprint density at radius 2 is 1.78 bits per heavy atom. The molecule has 0 aromatic rings. The van der Waals surface area contributed by atoms with Crippen LogP contribution in [0.1, 0.15) is 53.4 Å². The van der Waals surface area contributed by atoms with Crippen molar-refractivity contribution in [3.63, 3.8) is 0 Å². The van der Waals surface area contributed by atoms with Crippen LogP contribution in [0.5, 0.6) is 0 Å². The molecule has 1 fully saturated rings.